The number of carbonyl (C=O) groups excluding carboxylic acids is 2. The van der Waals surface area contributed by atoms with E-state index in [4.69, 9.17) is 13.9 Å². The molecule has 0 aliphatic carbocycles. The number of hydrogen-bond acceptors (Lipinski definition) is 5. The first kappa shape index (κ1) is 21.8. The summed E-state index contributed by atoms with van der Waals surface area (Å²) in [5.74, 6) is 1.03. The molecule has 2 rings (SSSR count). The highest BCUT2D eigenvalue weighted by molar-refractivity contribution is 5.95. The van der Waals surface area contributed by atoms with Gasteiger partial charge in [0.05, 0.1) is 7.11 Å². The Kier molecular flexibility index (Phi) is 8.09. The van der Waals surface area contributed by atoms with Crippen molar-refractivity contribution in [3.63, 3.8) is 0 Å². The third-order valence-corrected chi connectivity index (χ3v) is 4.05. The van der Waals surface area contributed by atoms with Crippen molar-refractivity contribution in [1.82, 2.24) is 10.2 Å². The molecule has 1 aromatic carbocycles. The van der Waals surface area contributed by atoms with E-state index in [9.17, 15) is 9.59 Å². The standard InChI is InChI=1S/C22H26N2O5/c1-5-13-24(14-6-2)22(26)16(3)23-21(25)20-12-11-17(29-20)15-28-19-10-8-7-9-18(19)27-4/h5-12,16H,1-2,13-15H2,3-4H3,(H,23,25). The van der Waals surface area contributed by atoms with Crippen molar-refractivity contribution in [2.45, 2.75) is 19.6 Å². The summed E-state index contributed by atoms with van der Waals surface area (Å²) < 4.78 is 16.5. The zero-order chi connectivity index (χ0) is 21.2. The van der Waals surface area contributed by atoms with Crippen LogP contribution in [0.1, 0.15) is 23.2 Å². The van der Waals surface area contributed by atoms with Crippen LogP contribution in [0.15, 0.2) is 66.1 Å². The molecule has 1 N–H and O–H groups in total. The second-order valence-electron chi connectivity index (χ2n) is 6.22. The molecule has 0 radical (unpaired) electrons. The molecule has 0 aliphatic rings. The third-order valence-electron chi connectivity index (χ3n) is 4.05. The lowest BCUT2D eigenvalue weighted by Crippen LogP contribution is -2.47. The largest absolute Gasteiger partial charge is 0.493 e. The Morgan fingerprint density at radius 3 is 2.41 bits per heavy atom. The van der Waals surface area contributed by atoms with Gasteiger partial charge in [0, 0.05) is 13.1 Å². The number of para-hydroxylation sites is 2. The van der Waals surface area contributed by atoms with Gasteiger partial charge in [0.15, 0.2) is 17.3 Å². The minimum Gasteiger partial charge on any atom is -0.493 e. The van der Waals surface area contributed by atoms with E-state index >= 15 is 0 Å². The molecule has 1 aromatic heterocycles. The van der Waals surface area contributed by atoms with Crippen LogP contribution >= 0.6 is 0 Å². The number of benzene rings is 1. The van der Waals surface area contributed by atoms with E-state index in [1.807, 2.05) is 12.1 Å². The second-order valence-corrected chi connectivity index (χ2v) is 6.22. The summed E-state index contributed by atoms with van der Waals surface area (Å²) in [7, 11) is 1.56. The molecule has 0 spiro atoms. The molecule has 7 heteroatoms. The number of carbonyl (C=O) groups is 2. The Morgan fingerprint density at radius 1 is 1.14 bits per heavy atom. The molecule has 1 unspecified atom stereocenters. The summed E-state index contributed by atoms with van der Waals surface area (Å²) in [6.45, 7) is 9.77. The molecule has 154 valence electrons. The molecule has 0 saturated carbocycles. The monoisotopic (exact) mass is 398 g/mol. The lowest BCUT2D eigenvalue weighted by molar-refractivity contribution is -0.131. The number of furan rings is 1. The lowest BCUT2D eigenvalue weighted by Gasteiger charge is -2.23. The van der Waals surface area contributed by atoms with Crippen LogP contribution in [0.25, 0.3) is 0 Å². The van der Waals surface area contributed by atoms with E-state index < -0.39 is 11.9 Å². The van der Waals surface area contributed by atoms with Crippen LogP contribution in [-0.4, -0.2) is 43.0 Å². The molecule has 29 heavy (non-hydrogen) atoms. The highest BCUT2D eigenvalue weighted by atomic mass is 16.5. The number of methoxy groups -OCH3 is 1. The number of rotatable bonds is 11. The number of nitrogens with one attached hydrogen (secondary N) is 1. The molecule has 2 aromatic rings. The minimum atomic E-state index is -0.722. The van der Waals surface area contributed by atoms with Gasteiger partial charge in [-0.2, -0.15) is 0 Å². The van der Waals surface area contributed by atoms with Crippen molar-refractivity contribution in [1.29, 1.82) is 0 Å². The van der Waals surface area contributed by atoms with Gasteiger partial charge in [0.25, 0.3) is 5.91 Å². The third kappa shape index (κ3) is 6.00. The average molecular weight is 398 g/mol. The SMILES string of the molecule is C=CCN(CC=C)C(=O)C(C)NC(=O)c1ccc(COc2ccccc2OC)o1. The van der Waals surface area contributed by atoms with E-state index in [0.29, 0.717) is 30.3 Å². The fourth-order valence-corrected chi connectivity index (χ4v) is 2.63. The summed E-state index contributed by atoms with van der Waals surface area (Å²) in [6.07, 6.45) is 3.24. The van der Waals surface area contributed by atoms with Crippen LogP contribution in [0, 0.1) is 0 Å². The van der Waals surface area contributed by atoms with Gasteiger partial charge in [-0.1, -0.05) is 24.3 Å². The van der Waals surface area contributed by atoms with Gasteiger partial charge in [-0.05, 0) is 31.2 Å². The maximum absolute atomic E-state index is 12.5. The highest BCUT2D eigenvalue weighted by Crippen LogP contribution is 2.26. The maximum Gasteiger partial charge on any atom is 0.287 e. The fraction of sp³-hybridized carbons (Fsp3) is 0.273. The Hall–Kier alpha value is -3.48. The number of amides is 2. The van der Waals surface area contributed by atoms with Crippen molar-refractivity contribution >= 4 is 11.8 Å². The van der Waals surface area contributed by atoms with Crippen LogP contribution in [-0.2, 0) is 11.4 Å². The van der Waals surface area contributed by atoms with Crippen LogP contribution in [0.4, 0.5) is 0 Å². The maximum atomic E-state index is 12.5. The molecular weight excluding hydrogens is 372 g/mol. The van der Waals surface area contributed by atoms with Crippen LogP contribution in [0.2, 0.25) is 0 Å². The highest BCUT2D eigenvalue weighted by Gasteiger charge is 2.22. The lowest BCUT2D eigenvalue weighted by atomic mass is 10.2. The fourth-order valence-electron chi connectivity index (χ4n) is 2.63. The Bertz CT molecular complexity index is 848. The topological polar surface area (TPSA) is 81.0 Å². The predicted molar refractivity (Wildman–Crippen MR) is 110 cm³/mol. The predicted octanol–water partition coefficient (Wildman–Crippen LogP) is 3.19. The zero-order valence-electron chi connectivity index (χ0n) is 16.7. The van der Waals surface area contributed by atoms with Crippen LogP contribution < -0.4 is 14.8 Å². The van der Waals surface area contributed by atoms with Crippen LogP contribution in [0.5, 0.6) is 11.5 Å². The van der Waals surface area contributed by atoms with Crippen molar-refractivity contribution < 1.29 is 23.5 Å². The van der Waals surface area contributed by atoms with E-state index in [1.165, 1.54) is 0 Å². The average Bonchev–Trinajstić information content (AvgIpc) is 3.21. The van der Waals surface area contributed by atoms with Crippen molar-refractivity contribution in [2.24, 2.45) is 0 Å². The number of ether oxygens (including phenoxy) is 2. The molecule has 0 bridgehead atoms. The summed E-state index contributed by atoms with van der Waals surface area (Å²) in [5.41, 5.74) is 0. The Morgan fingerprint density at radius 2 is 1.79 bits per heavy atom. The summed E-state index contributed by atoms with van der Waals surface area (Å²) in [6, 6.07) is 9.71. The first-order chi connectivity index (χ1) is 14.0. The number of hydrogen-bond donors (Lipinski definition) is 1. The molecular formula is C22H26N2O5. The van der Waals surface area contributed by atoms with Crippen molar-refractivity contribution in [3.05, 3.63) is 73.2 Å². The Balaban J connectivity index is 1.95. The first-order valence-electron chi connectivity index (χ1n) is 9.16. The normalized spacial score (nSPS) is 11.2. The molecule has 0 saturated heterocycles. The quantitative estimate of drug-likeness (QED) is 0.588. The smallest absolute Gasteiger partial charge is 0.287 e. The van der Waals surface area contributed by atoms with Crippen molar-refractivity contribution in [2.75, 3.05) is 20.2 Å². The second kappa shape index (κ2) is 10.8. The van der Waals surface area contributed by atoms with E-state index in [2.05, 4.69) is 18.5 Å². The van der Waals surface area contributed by atoms with Gasteiger partial charge in [-0.15, -0.1) is 13.2 Å². The number of nitrogens with zero attached hydrogens (tertiary/aromatic N) is 1. The van der Waals surface area contributed by atoms with Gasteiger partial charge in [-0.25, -0.2) is 0 Å². The minimum absolute atomic E-state index is 0.0993. The summed E-state index contributed by atoms with van der Waals surface area (Å²) in [4.78, 5) is 26.4. The molecule has 1 atom stereocenters. The van der Waals surface area contributed by atoms with E-state index in [0.717, 1.165) is 0 Å². The summed E-state index contributed by atoms with van der Waals surface area (Å²) in [5, 5.41) is 2.65. The zero-order valence-corrected chi connectivity index (χ0v) is 16.7. The van der Waals surface area contributed by atoms with Gasteiger partial charge in [0.2, 0.25) is 5.91 Å². The molecule has 2 amide bonds. The van der Waals surface area contributed by atoms with Gasteiger partial charge in [0.1, 0.15) is 18.4 Å². The molecule has 1 heterocycles. The Labute approximate surface area is 170 Å². The van der Waals surface area contributed by atoms with Crippen LogP contribution in [0.3, 0.4) is 0 Å². The summed E-state index contributed by atoms with van der Waals surface area (Å²) >= 11 is 0. The molecule has 0 fully saturated rings. The van der Waals surface area contributed by atoms with Gasteiger partial charge >= 0.3 is 0 Å². The molecule has 7 nitrogen and oxygen atoms in total. The van der Waals surface area contributed by atoms with Crippen molar-refractivity contribution in [3.8, 4) is 11.5 Å². The van der Waals surface area contributed by atoms with E-state index in [-0.39, 0.29) is 18.3 Å². The van der Waals surface area contributed by atoms with Gasteiger partial charge < -0.3 is 24.1 Å². The van der Waals surface area contributed by atoms with E-state index in [1.54, 1.807) is 55.4 Å². The first-order valence-corrected chi connectivity index (χ1v) is 9.16. The molecule has 0 aliphatic heterocycles. The van der Waals surface area contributed by atoms with Gasteiger partial charge in [-0.3, -0.25) is 9.59 Å².